The zero-order valence-electron chi connectivity index (χ0n) is 16.9. The number of nitrogen functional groups attached to an aromatic ring is 1. The first-order chi connectivity index (χ1) is 13.2. The topological polar surface area (TPSA) is 55.6 Å². The minimum atomic E-state index is 0.102. The summed E-state index contributed by atoms with van der Waals surface area (Å²) >= 11 is 3.59. The van der Waals surface area contributed by atoms with Gasteiger partial charge in [0.15, 0.2) is 0 Å². The van der Waals surface area contributed by atoms with Crippen molar-refractivity contribution in [3.05, 3.63) is 57.6 Å². The molecular weight excluding hydrogens is 416 g/mol. The molecule has 0 aromatic heterocycles. The Morgan fingerprint density at radius 1 is 1.18 bits per heavy atom. The maximum absolute atomic E-state index is 12.6. The maximum Gasteiger partial charge on any atom is 0.223 e. The standard InChI is InChI=1S/C23H29BrN2O2/c1-23(2,3)18-7-9-21(20(24)14-18)28-12-4-5-22(27)26-11-10-16-6-8-19(25)13-17(16)15-26/h6-9,13-14H,4-5,10-12,15,25H2,1-3H3. The Morgan fingerprint density at radius 3 is 2.68 bits per heavy atom. The van der Waals surface area contributed by atoms with Crippen LogP contribution in [0.15, 0.2) is 40.9 Å². The Bertz CT molecular complexity index is 858. The summed E-state index contributed by atoms with van der Waals surface area (Å²) in [7, 11) is 0. The van der Waals surface area contributed by atoms with Crippen LogP contribution in [0.2, 0.25) is 0 Å². The van der Waals surface area contributed by atoms with Gasteiger partial charge in [0.2, 0.25) is 5.91 Å². The largest absolute Gasteiger partial charge is 0.492 e. The molecule has 2 aromatic rings. The molecule has 1 heterocycles. The van der Waals surface area contributed by atoms with Gasteiger partial charge in [-0.3, -0.25) is 4.79 Å². The smallest absolute Gasteiger partial charge is 0.223 e. The van der Waals surface area contributed by atoms with E-state index < -0.39 is 0 Å². The van der Waals surface area contributed by atoms with Crippen molar-refractivity contribution in [2.24, 2.45) is 0 Å². The molecule has 0 fully saturated rings. The first kappa shape index (κ1) is 20.7. The van der Waals surface area contributed by atoms with Crippen molar-refractivity contribution in [3.8, 4) is 5.75 Å². The van der Waals surface area contributed by atoms with E-state index in [0.29, 0.717) is 26.0 Å². The first-order valence-electron chi connectivity index (χ1n) is 9.82. The summed E-state index contributed by atoms with van der Waals surface area (Å²) in [5.74, 6) is 1.00. The third-order valence-electron chi connectivity index (χ3n) is 5.19. The number of nitrogens with zero attached hydrogens (tertiary/aromatic N) is 1. The number of nitrogens with two attached hydrogens (primary N) is 1. The number of fused-ring (bicyclic) bond motifs is 1. The summed E-state index contributed by atoms with van der Waals surface area (Å²) in [6, 6.07) is 12.2. The molecule has 3 rings (SSSR count). The van der Waals surface area contributed by atoms with Crippen LogP contribution in [-0.4, -0.2) is 24.0 Å². The van der Waals surface area contributed by atoms with Gasteiger partial charge in [-0.05, 0) is 75.1 Å². The molecule has 0 saturated heterocycles. The molecule has 1 amide bonds. The molecule has 0 aliphatic carbocycles. The minimum absolute atomic E-state index is 0.102. The van der Waals surface area contributed by atoms with Crippen LogP contribution in [0.1, 0.15) is 50.3 Å². The van der Waals surface area contributed by atoms with Crippen LogP contribution in [0, 0.1) is 0 Å². The van der Waals surface area contributed by atoms with Gasteiger partial charge in [0, 0.05) is 25.2 Å². The van der Waals surface area contributed by atoms with Gasteiger partial charge in [0.25, 0.3) is 0 Å². The van der Waals surface area contributed by atoms with E-state index >= 15 is 0 Å². The number of amides is 1. The molecule has 0 saturated carbocycles. The summed E-state index contributed by atoms with van der Waals surface area (Å²) in [5, 5.41) is 0. The lowest BCUT2D eigenvalue weighted by molar-refractivity contribution is -0.132. The van der Waals surface area contributed by atoms with Crippen LogP contribution >= 0.6 is 15.9 Å². The Kier molecular flexibility index (Phi) is 6.33. The Hall–Kier alpha value is -2.01. The molecular formula is C23H29BrN2O2. The van der Waals surface area contributed by atoms with Gasteiger partial charge in [-0.25, -0.2) is 0 Å². The zero-order chi connectivity index (χ0) is 20.3. The fourth-order valence-corrected chi connectivity index (χ4v) is 3.93. The van der Waals surface area contributed by atoms with Crippen LogP contribution in [0.5, 0.6) is 5.75 Å². The molecule has 5 heteroatoms. The normalized spacial score (nSPS) is 13.9. The molecule has 1 aliphatic rings. The Balaban J connectivity index is 1.47. The van der Waals surface area contributed by atoms with Crippen molar-refractivity contribution in [3.63, 3.8) is 0 Å². The predicted octanol–water partition coefficient (Wildman–Crippen LogP) is 5.07. The minimum Gasteiger partial charge on any atom is -0.492 e. The Labute approximate surface area is 176 Å². The van der Waals surface area contributed by atoms with E-state index in [1.54, 1.807) is 0 Å². The molecule has 0 spiro atoms. The van der Waals surface area contributed by atoms with Gasteiger partial charge in [-0.2, -0.15) is 0 Å². The summed E-state index contributed by atoms with van der Waals surface area (Å²) in [5.41, 5.74) is 10.5. The van der Waals surface area contributed by atoms with Crippen LogP contribution in [0.4, 0.5) is 5.69 Å². The van der Waals surface area contributed by atoms with E-state index in [-0.39, 0.29) is 11.3 Å². The fourth-order valence-electron chi connectivity index (χ4n) is 3.44. The van der Waals surface area contributed by atoms with E-state index in [1.807, 2.05) is 23.1 Å². The van der Waals surface area contributed by atoms with E-state index in [0.717, 1.165) is 28.9 Å². The van der Waals surface area contributed by atoms with Crippen LogP contribution in [0.25, 0.3) is 0 Å². The van der Waals surface area contributed by atoms with Gasteiger partial charge in [0.1, 0.15) is 5.75 Å². The molecule has 28 heavy (non-hydrogen) atoms. The third-order valence-corrected chi connectivity index (χ3v) is 5.81. The van der Waals surface area contributed by atoms with Gasteiger partial charge in [-0.15, -0.1) is 0 Å². The van der Waals surface area contributed by atoms with E-state index in [9.17, 15) is 4.79 Å². The average Bonchev–Trinajstić information content (AvgIpc) is 2.64. The highest BCUT2D eigenvalue weighted by Gasteiger charge is 2.20. The second-order valence-corrected chi connectivity index (χ2v) is 9.29. The maximum atomic E-state index is 12.6. The Morgan fingerprint density at radius 2 is 1.96 bits per heavy atom. The summed E-state index contributed by atoms with van der Waals surface area (Å²) in [6.07, 6.45) is 2.09. The van der Waals surface area contributed by atoms with Crippen molar-refractivity contribution in [1.29, 1.82) is 0 Å². The van der Waals surface area contributed by atoms with E-state index in [1.165, 1.54) is 16.7 Å². The van der Waals surface area contributed by atoms with Gasteiger partial charge in [-0.1, -0.05) is 32.9 Å². The zero-order valence-corrected chi connectivity index (χ0v) is 18.5. The molecule has 2 aromatic carbocycles. The SMILES string of the molecule is CC(C)(C)c1ccc(OCCCC(=O)N2CCc3ccc(N)cc3C2)c(Br)c1. The number of carbonyl (C=O) groups excluding carboxylic acids is 1. The lowest BCUT2D eigenvalue weighted by Gasteiger charge is -2.29. The molecule has 0 bridgehead atoms. The lowest BCUT2D eigenvalue weighted by Crippen LogP contribution is -2.36. The average molecular weight is 445 g/mol. The molecule has 0 radical (unpaired) electrons. The van der Waals surface area contributed by atoms with Crippen LogP contribution in [-0.2, 0) is 23.2 Å². The quantitative estimate of drug-likeness (QED) is 0.516. The van der Waals surface area contributed by atoms with Crippen molar-refractivity contribution in [1.82, 2.24) is 4.90 Å². The predicted molar refractivity (Wildman–Crippen MR) is 118 cm³/mol. The number of benzene rings is 2. The molecule has 0 unspecified atom stereocenters. The summed E-state index contributed by atoms with van der Waals surface area (Å²) in [6.45, 7) is 8.52. The highest BCUT2D eigenvalue weighted by atomic mass is 79.9. The first-order valence-corrected chi connectivity index (χ1v) is 10.6. The number of hydrogen-bond acceptors (Lipinski definition) is 3. The molecule has 2 N–H and O–H groups in total. The highest BCUT2D eigenvalue weighted by molar-refractivity contribution is 9.10. The van der Waals surface area contributed by atoms with Crippen molar-refractivity contribution >= 4 is 27.5 Å². The van der Waals surface area contributed by atoms with Crippen LogP contribution in [0.3, 0.4) is 0 Å². The number of rotatable bonds is 5. The molecule has 0 atom stereocenters. The fraction of sp³-hybridized carbons (Fsp3) is 0.435. The molecule has 4 nitrogen and oxygen atoms in total. The number of ether oxygens (including phenoxy) is 1. The van der Waals surface area contributed by atoms with E-state index in [2.05, 4.69) is 54.9 Å². The number of anilines is 1. The van der Waals surface area contributed by atoms with Gasteiger partial charge < -0.3 is 15.4 Å². The van der Waals surface area contributed by atoms with Crippen molar-refractivity contribution < 1.29 is 9.53 Å². The number of hydrogen-bond donors (Lipinski definition) is 1. The summed E-state index contributed by atoms with van der Waals surface area (Å²) in [4.78, 5) is 14.5. The lowest BCUT2D eigenvalue weighted by atomic mass is 9.87. The second kappa shape index (κ2) is 8.56. The molecule has 150 valence electrons. The highest BCUT2D eigenvalue weighted by Crippen LogP contribution is 2.31. The van der Waals surface area contributed by atoms with Crippen LogP contribution < -0.4 is 10.5 Å². The van der Waals surface area contributed by atoms with Gasteiger partial charge >= 0.3 is 0 Å². The number of halogens is 1. The second-order valence-electron chi connectivity index (χ2n) is 8.44. The third kappa shape index (κ3) is 5.07. The van der Waals surface area contributed by atoms with Crippen molar-refractivity contribution in [2.45, 2.75) is 52.0 Å². The monoisotopic (exact) mass is 444 g/mol. The van der Waals surface area contributed by atoms with E-state index in [4.69, 9.17) is 10.5 Å². The summed E-state index contributed by atoms with van der Waals surface area (Å²) < 4.78 is 6.84. The van der Waals surface area contributed by atoms with Crippen molar-refractivity contribution in [2.75, 3.05) is 18.9 Å². The van der Waals surface area contributed by atoms with Gasteiger partial charge in [0.05, 0.1) is 11.1 Å². The molecule has 1 aliphatic heterocycles. The number of carbonyl (C=O) groups is 1.